The number of likely N-dealkylation sites (N-methyl/N-ethyl adjacent to an activating group) is 1. The quantitative estimate of drug-likeness (QED) is 0.737. The van der Waals surface area contributed by atoms with E-state index in [4.69, 9.17) is 9.72 Å². The summed E-state index contributed by atoms with van der Waals surface area (Å²) in [6, 6.07) is 9.81. The second kappa shape index (κ2) is 9.32. The van der Waals surface area contributed by atoms with Crippen LogP contribution < -0.4 is 0 Å². The molecular formula is C24H32N4O3. The van der Waals surface area contributed by atoms with Crippen LogP contribution in [0.1, 0.15) is 42.2 Å². The molecule has 4 rings (SSSR count). The number of pyridine rings is 1. The van der Waals surface area contributed by atoms with E-state index in [1.54, 1.807) is 0 Å². The Kier molecular flexibility index (Phi) is 6.53. The number of benzene rings is 1. The fourth-order valence-electron chi connectivity index (χ4n) is 4.32. The number of aromatic nitrogens is 1. The van der Waals surface area contributed by atoms with Gasteiger partial charge in [-0.05, 0) is 39.4 Å². The van der Waals surface area contributed by atoms with Crippen molar-refractivity contribution in [1.82, 2.24) is 19.7 Å². The van der Waals surface area contributed by atoms with Crippen LogP contribution in [0.5, 0.6) is 0 Å². The van der Waals surface area contributed by atoms with Crippen molar-refractivity contribution in [3.05, 3.63) is 41.6 Å². The summed E-state index contributed by atoms with van der Waals surface area (Å²) in [4.78, 5) is 36.8. The fraction of sp³-hybridized carbons (Fsp3) is 0.542. The standard InChI is InChI=1S/C24H32N4O3/c1-17(2)31-16-23(29)28-9-8-18(15-28)22-14-20(19-6-4-5-7-21(19)25-22)24(30)27-12-10-26(3)11-13-27/h4-7,14,17-18H,8-13,15-16H2,1-3H3/t18-/m0/s1. The Bertz CT molecular complexity index is 953. The predicted molar refractivity (Wildman–Crippen MR) is 120 cm³/mol. The average Bonchev–Trinajstić information content (AvgIpc) is 3.27. The van der Waals surface area contributed by atoms with Crippen LogP contribution in [0.4, 0.5) is 0 Å². The first-order valence-corrected chi connectivity index (χ1v) is 11.2. The number of carbonyl (C=O) groups is 2. The van der Waals surface area contributed by atoms with E-state index in [-0.39, 0.29) is 30.4 Å². The summed E-state index contributed by atoms with van der Waals surface area (Å²) in [6.45, 7) is 8.54. The Hall–Kier alpha value is -2.51. The number of piperazine rings is 1. The second-order valence-corrected chi connectivity index (χ2v) is 8.89. The molecule has 2 amide bonds. The molecule has 3 heterocycles. The van der Waals surface area contributed by atoms with Gasteiger partial charge in [-0.2, -0.15) is 0 Å². The zero-order valence-electron chi connectivity index (χ0n) is 18.7. The highest BCUT2D eigenvalue weighted by molar-refractivity contribution is 6.06. The molecule has 166 valence electrons. The van der Waals surface area contributed by atoms with Crippen LogP contribution in [0.15, 0.2) is 30.3 Å². The van der Waals surface area contributed by atoms with Crippen LogP contribution in [0.25, 0.3) is 10.9 Å². The lowest BCUT2D eigenvalue weighted by molar-refractivity contribution is -0.136. The Balaban J connectivity index is 1.57. The van der Waals surface area contributed by atoms with E-state index >= 15 is 0 Å². The third-order valence-electron chi connectivity index (χ3n) is 6.26. The van der Waals surface area contributed by atoms with Crippen molar-refractivity contribution in [2.75, 3.05) is 52.9 Å². The van der Waals surface area contributed by atoms with Crippen molar-refractivity contribution in [2.24, 2.45) is 0 Å². The van der Waals surface area contributed by atoms with Gasteiger partial charge < -0.3 is 19.4 Å². The molecule has 0 bridgehead atoms. The number of para-hydroxylation sites is 1. The van der Waals surface area contributed by atoms with Gasteiger partial charge in [-0.3, -0.25) is 14.6 Å². The molecule has 7 heteroatoms. The van der Waals surface area contributed by atoms with Crippen molar-refractivity contribution in [2.45, 2.75) is 32.3 Å². The van der Waals surface area contributed by atoms with E-state index < -0.39 is 0 Å². The highest BCUT2D eigenvalue weighted by Crippen LogP contribution is 2.30. The lowest BCUT2D eigenvalue weighted by Crippen LogP contribution is -2.47. The van der Waals surface area contributed by atoms with Crippen LogP contribution in [-0.4, -0.2) is 90.5 Å². The molecule has 0 spiro atoms. The molecule has 2 saturated heterocycles. The first-order valence-electron chi connectivity index (χ1n) is 11.2. The van der Waals surface area contributed by atoms with Crippen LogP contribution >= 0.6 is 0 Å². The first-order chi connectivity index (χ1) is 14.9. The Morgan fingerprint density at radius 2 is 1.84 bits per heavy atom. The minimum atomic E-state index is 0.0192. The van der Waals surface area contributed by atoms with Crippen LogP contribution in [0.3, 0.4) is 0 Å². The van der Waals surface area contributed by atoms with Gasteiger partial charge in [0, 0.05) is 56.3 Å². The molecule has 0 unspecified atom stereocenters. The molecule has 1 atom stereocenters. The zero-order valence-corrected chi connectivity index (χ0v) is 18.7. The Morgan fingerprint density at radius 1 is 1.10 bits per heavy atom. The molecule has 2 fully saturated rings. The SMILES string of the molecule is CC(C)OCC(=O)N1CC[C@H](c2cc(C(=O)N3CCN(C)CC3)c3ccccc3n2)C1. The summed E-state index contributed by atoms with van der Waals surface area (Å²) >= 11 is 0. The van der Waals surface area contributed by atoms with Gasteiger partial charge in [-0.15, -0.1) is 0 Å². The number of hydrogen-bond donors (Lipinski definition) is 0. The van der Waals surface area contributed by atoms with Crippen molar-refractivity contribution in [3.63, 3.8) is 0 Å². The van der Waals surface area contributed by atoms with Crippen molar-refractivity contribution >= 4 is 22.7 Å². The van der Waals surface area contributed by atoms with Gasteiger partial charge >= 0.3 is 0 Å². The predicted octanol–water partition coefficient (Wildman–Crippen LogP) is 2.36. The summed E-state index contributed by atoms with van der Waals surface area (Å²) in [5.74, 6) is 0.224. The maximum Gasteiger partial charge on any atom is 0.254 e. The largest absolute Gasteiger partial charge is 0.369 e. The highest BCUT2D eigenvalue weighted by Gasteiger charge is 2.30. The highest BCUT2D eigenvalue weighted by atomic mass is 16.5. The number of amides is 2. The van der Waals surface area contributed by atoms with E-state index in [0.717, 1.165) is 54.8 Å². The maximum atomic E-state index is 13.4. The van der Waals surface area contributed by atoms with E-state index in [1.807, 2.05) is 54.0 Å². The molecule has 2 aliphatic rings. The summed E-state index contributed by atoms with van der Waals surface area (Å²) in [6.07, 6.45) is 0.883. The van der Waals surface area contributed by atoms with E-state index in [0.29, 0.717) is 13.1 Å². The molecule has 1 aromatic heterocycles. The number of rotatable bonds is 5. The molecule has 0 aliphatic carbocycles. The molecule has 0 saturated carbocycles. The number of nitrogens with zero attached hydrogens (tertiary/aromatic N) is 4. The number of ether oxygens (including phenoxy) is 1. The van der Waals surface area contributed by atoms with Gasteiger partial charge in [0.25, 0.3) is 5.91 Å². The number of likely N-dealkylation sites (tertiary alicyclic amines) is 1. The minimum absolute atomic E-state index is 0.0192. The van der Waals surface area contributed by atoms with Gasteiger partial charge in [0.1, 0.15) is 6.61 Å². The lowest BCUT2D eigenvalue weighted by Gasteiger charge is -2.32. The van der Waals surface area contributed by atoms with Gasteiger partial charge in [0.2, 0.25) is 5.91 Å². The third-order valence-corrected chi connectivity index (χ3v) is 6.26. The molecule has 1 aromatic carbocycles. The Morgan fingerprint density at radius 3 is 2.58 bits per heavy atom. The maximum absolute atomic E-state index is 13.4. The van der Waals surface area contributed by atoms with E-state index in [9.17, 15) is 9.59 Å². The molecule has 0 radical (unpaired) electrons. The van der Waals surface area contributed by atoms with Crippen molar-refractivity contribution < 1.29 is 14.3 Å². The molecule has 7 nitrogen and oxygen atoms in total. The van der Waals surface area contributed by atoms with Crippen molar-refractivity contribution in [1.29, 1.82) is 0 Å². The smallest absolute Gasteiger partial charge is 0.254 e. The van der Waals surface area contributed by atoms with Crippen LogP contribution in [0.2, 0.25) is 0 Å². The number of fused-ring (bicyclic) bond motifs is 1. The molecule has 31 heavy (non-hydrogen) atoms. The fourth-order valence-corrected chi connectivity index (χ4v) is 4.32. The Labute approximate surface area is 184 Å². The van der Waals surface area contributed by atoms with E-state index in [1.165, 1.54) is 0 Å². The van der Waals surface area contributed by atoms with E-state index in [2.05, 4.69) is 11.9 Å². The van der Waals surface area contributed by atoms with Gasteiger partial charge in [-0.25, -0.2) is 0 Å². The number of carbonyl (C=O) groups excluding carboxylic acids is 2. The molecular weight excluding hydrogens is 392 g/mol. The normalized spacial score (nSPS) is 20.1. The average molecular weight is 425 g/mol. The molecule has 2 aromatic rings. The van der Waals surface area contributed by atoms with Crippen LogP contribution in [-0.2, 0) is 9.53 Å². The zero-order chi connectivity index (χ0) is 22.0. The summed E-state index contributed by atoms with van der Waals surface area (Å²) in [7, 11) is 2.08. The third kappa shape index (κ3) is 4.88. The molecule has 2 aliphatic heterocycles. The lowest BCUT2D eigenvalue weighted by atomic mass is 9.98. The van der Waals surface area contributed by atoms with Crippen molar-refractivity contribution in [3.8, 4) is 0 Å². The summed E-state index contributed by atoms with van der Waals surface area (Å²) < 4.78 is 5.48. The molecule has 0 N–H and O–H groups in total. The first kappa shape index (κ1) is 21.7. The van der Waals surface area contributed by atoms with Gasteiger partial charge in [0.15, 0.2) is 0 Å². The topological polar surface area (TPSA) is 66.0 Å². The summed E-state index contributed by atoms with van der Waals surface area (Å²) in [5, 5.41) is 0.895. The minimum Gasteiger partial charge on any atom is -0.369 e. The monoisotopic (exact) mass is 424 g/mol. The van der Waals surface area contributed by atoms with Gasteiger partial charge in [-0.1, -0.05) is 18.2 Å². The summed E-state index contributed by atoms with van der Waals surface area (Å²) in [5.41, 5.74) is 2.46. The number of hydrogen-bond acceptors (Lipinski definition) is 5. The second-order valence-electron chi connectivity index (χ2n) is 8.89. The van der Waals surface area contributed by atoms with Gasteiger partial charge in [0.05, 0.1) is 17.2 Å². The van der Waals surface area contributed by atoms with Crippen LogP contribution in [0, 0.1) is 0 Å².